The van der Waals surface area contributed by atoms with E-state index >= 15 is 0 Å². The summed E-state index contributed by atoms with van der Waals surface area (Å²) < 4.78 is 4.98. The molecule has 0 aliphatic rings. The molecule has 0 saturated heterocycles. The van der Waals surface area contributed by atoms with Crippen molar-refractivity contribution in [2.24, 2.45) is 0 Å². The van der Waals surface area contributed by atoms with E-state index < -0.39 is 0 Å². The number of phenols is 1. The van der Waals surface area contributed by atoms with E-state index in [9.17, 15) is 5.11 Å². The average Bonchev–Trinajstić information content (AvgIpc) is 2.16. The highest BCUT2D eigenvalue weighted by Gasteiger charge is 1.99. The molecule has 0 saturated carbocycles. The first-order valence-corrected chi connectivity index (χ1v) is 4.31. The Morgan fingerprint density at radius 3 is 2.85 bits per heavy atom. The van der Waals surface area contributed by atoms with E-state index in [-0.39, 0.29) is 5.75 Å². The summed E-state index contributed by atoms with van der Waals surface area (Å²) in [4.78, 5) is 0. The number of ether oxygens (including phenoxy) is 1. The quantitative estimate of drug-likeness (QED) is 0.771. The van der Waals surface area contributed by atoms with Gasteiger partial charge in [-0.2, -0.15) is 0 Å². The highest BCUT2D eigenvalue weighted by molar-refractivity contribution is 5.55. The van der Waals surface area contributed by atoms with Crippen molar-refractivity contribution in [3.05, 3.63) is 29.8 Å². The second-order valence-corrected chi connectivity index (χ2v) is 2.74. The van der Waals surface area contributed by atoms with Crippen LogP contribution in [0.15, 0.2) is 24.3 Å². The van der Waals surface area contributed by atoms with E-state index in [1.54, 1.807) is 13.2 Å². The van der Waals surface area contributed by atoms with Gasteiger partial charge in [0.1, 0.15) is 0 Å². The Bertz CT molecular complexity index is 303. The van der Waals surface area contributed by atoms with Gasteiger partial charge in [-0.3, -0.25) is 0 Å². The SMILES string of the molecule is CCC=Cc1ccc(O)c(OC)c1. The molecule has 0 amide bonds. The minimum Gasteiger partial charge on any atom is -0.504 e. The van der Waals surface area contributed by atoms with Gasteiger partial charge in [-0.1, -0.05) is 25.1 Å². The lowest BCUT2D eigenvalue weighted by molar-refractivity contribution is 0.373. The lowest BCUT2D eigenvalue weighted by Gasteiger charge is -2.03. The van der Waals surface area contributed by atoms with Gasteiger partial charge in [-0.05, 0) is 24.1 Å². The van der Waals surface area contributed by atoms with Crippen LogP contribution in [0.5, 0.6) is 11.5 Å². The molecule has 70 valence electrons. The number of benzene rings is 1. The predicted octanol–water partition coefficient (Wildman–Crippen LogP) is 2.82. The minimum absolute atomic E-state index is 0.177. The van der Waals surface area contributed by atoms with E-state index in [0.717, 1.165) is 12.0 Å². The molecule has 0 fully saturated rings. The van der Waals surface area contributed by atoms with Crippen molar-refractivity contribution in [1.29, 1.82) is 0 Å². The van der Waals surface area contributed by atoms with Crippen LogP contribution >= 0.6 is 0 Å². The number of aromatic hydroxyl groups is 1. The van der Waals surface area contributed by atoms with Crippen molar-refractivity contribution in [1.82, 2.24) is 0 Å². The Morgan fingerprint density at radius 2 is 2.23 bits per heavy atom. The molecule has 1 N–H and O–H groups in total. The monoisotopic (exact) mass is 178 g/mol. The number of hydrogen-bond acceptors (Lipinski definition) is 2. The van der Waals surface area contributed by atoms with Gasteiger partial charge in [0.05, 0.1) is 7.11 Å². The molecule has 13 heavy (non-hydrogen) atoms. The molecule has 0 radical (unpaired) electrons. The van der Waals surface area contributed by atoms with Crippen LogP contribution in [0, 0.1) is 0 Å². The first-order valence-electron chi connectivity index (χ1n) is 4.31. The molecule has 1 rings (SSSR count). The highest BCUT2D eigenvalue weighted by Crippen LogP contribution is 2.26. The van der Waals surface area contributed by atoms with Crippen molar-refractivity contribution >= 4 is 6.08 Å². The maximum atomic E-state index is 9.31. The zero-order valence-corrected chi connectivity index (χ0v) is 7.95. The van der Waals surface area contributed by atoms with Crippen molar-refractivity contribution in [2.75, 3.05) is 7.11 Å². The van der Waals surface area contributed by atoms with E-state index in [2.05, 4.69) is 13.0 Å². The van der Waals surface area contributed by atoms with E-state index in [1.807, 2.05) is 18.2 Å². The molecule has 0 unspecified atom stereocenters. The summed E-state index contributed by atoms with van der Waals surface area (Å²) in [5.74, 6) is 0.689. The molecule has 2 heteroatoms. The van der Waals surface area contributed by atoms with Gasteiger partial charge in [-0.25, -0.2) is 0 Å². The first kappa shape index (κ1) is 9.65. The summed E-state index contributed by atoms with van der Waals surface area (Å²) in [6.07, 6.45) is 5.07. The molecule has 0 spiro atoms. The summed E-state index contributed by atoms with van der Waals surface area (Å²) in [6, 6.07) is 5.29. The van der Waals surface area contributed by atoms with Crippen molar-refractivity contribution in [2.45, 2.75) is 13.3 Å². The molecular formula is C11H14O2. The summed E-state index contributed by atoms with van der Waals surface area (Å²) >= 11 is 0. The van der Waals surface area contributed by atoms with Gasteiger partial charge in [0.15, 0.2) is 11.5 Å². The fourth-order valence-corrected chi connectivity index (χ4v) is 1.05. The van der Waals surface area contributed by atoms with Crippen LogP contribution in [-0.2, 0) is 0 Å². The molecule has 0 aliphatic carbocycles. The third-order valence-electron chi connectivity index (χ3n) is 1.75. The summed E-state index contributed by atoms with van der Waals surface area (Å²) in [5.41, 5.74) is 1.04. The minimum atomic E-state index is 0.177. The van der Waals surface area contributed by atoms with Gasteiger partial charge in [0, 0.05) is 0 Å². The summed E-state index contributed by atoms with van der Waals surface area (Å²) in [7, 11) is 1.54. The molecule has 2 nitrogen and oxygen atoms in total. The fraction of sp³-hybridized carbons (Fsp3) is 0.273. The number of methoxy groups -OCH3 is 1. The topological polar surface area (TPSA) is 29.5 Å². The smallest absolute Gasteiger partial charge is 0.161 e. The first-order chi connectivity index (χ1) is 6.27. The van der Waals surface area contributed by atoms with Gasteiger partial charge in [0.2, 0.25) is 0 Å². The molecule has 0 heterocycles. The van der Waals surface area contributed by atoms with Crippen LogP contribution in [0.4, 0.5) is 0 Å². The normalized spacial score (nSPS) is 10.6. The maximum Gasteiger partial charge on any atom is 0.161 e. The second-order valence-electron chi connectivity index (χ2n) is 2.74. The third kappa shape index (κ3) is 2.51. The van der Waals surface area contributed by atoms with Crippen LogP contribution < -0.4 is 4.74 Å². The van der Waals surface area contributed by atoms with Gasteiger partial charge in [0.25, 0.3) is 0 Å². The average molecular weight is 178 g/mol. The van der Waals surface area contributed by atoms with Crippen LogP contribution in [-0.4, -0.2) is 12.2 Å². The van der Waals surface area contributed by atoms with Crippen LogP contribution in [0.1, 0.15) is 18.9 Å². The zero-order chi connectivity index (χ0) is 9.68. The largest absolute Gasteiger partial charge is 0.504 e. The number of hydrogen-bond donors (Lipinski definition) is 1. The molecule has 0 aliphatic heterocycles. The Balaban J connectivity index is 2.92. The van der Waals surface area contributed by atoms with Crippen molar-refractivity contribution in [3.8, 4) is 11.5 Å². The van der Waals surface area contributed by atoms with E-state index in [4.69, 9.17) is 4.74 Å². The second kappa shape index (κ2) is 4.55. The molecule has 1 aromatic carbocycles. The Labute approximate surface area is 78.5 Å². The Hall–Kier alpha value is -1.44. The zero-order valence-electron chi connectivity index (χ0n) is 7.95. The third-order valence-corrected chi connectivity index (χ3v) is 1.75. The maximum absolute atomic E-state index is 9.31. The molecule has 1 aromatic rings. The van der Waals surface area contributed by atoms with Crippen LogP contribution in [0.2, 0.25) is 0 Å². The molecule has 0 bridgehead atoms. The summed E-state index contributed by atoms with van der Waals surface area (Å²) in [5, 5.41) is 9.31. The fourth-order valence-electron chi connectivity index (χ4n) is 1.05. The number of allylic oxidation sites excluding steroid dienone is 1. The van der Waals surface area contributed by atoms with Crippen molar-refractivity contribution < 1.29 is 9.84 Å². The van der Waals surface area contributed by atoms with E-state index in [0.29, 0.717) is 5.75 Å². The number of phenolic OH excluding ortho intramolecular Hbond substituents is 1. The lowest BCUT2D eigenvalue weighted by Crippen LogP contribution is -1.83. The van der Waals surface area contributed by atoms with Gasteiger partial charge in [-0.15, -0.1) is 0 Å². The Kier molecular flexibility index (Phi) is 3.38. The molecular weight excluding hydrogens is 164 g/mol. The van der Waals surface area contributed by atoms with E-state index in [1.165, 1.54) is 0 Å². The Morgan fingerprint density at radius 1 is 1.46 bits per heavy atom. The van der Waals surface area contributed by atoms with Crippen molar-refractivity contribution in [3.63, 3.8) is 0 Å². The number of rotatable bonds is 3. The summed E-state index contributed by atoms with van der Waals surface area (Å²) in [6.45, 7) is 2.08. The molecule has 0 aromatic heterocycles. The lowest BCUT2D eigenvalue weighted by atomic mass is 10.2. The van der Waals surface area contributed by atoms with Crippen LogP contribution in [0.25, 0.3) is 6.08 Å². The highest BCUT2D eigenvalue weighted by atomic mass is 16.5. The van der Waals surface area contributed by atoms with Crippen LogP contribution in [0.3, 0.4) is 0 Å². The van der Waals surface area contributed by atoms with Gasteiger partial charge >= 0.3 is 0 Å². The standard InChI is InChI=1S/C11H14O2/c1-3-4-5-9-6-7-10(12)11(8-9)13-2/h4-8,12H,3H2,1-2H3. The molecule has 0 atom stereocenters. The predicted molar refractivity (Wildman–Crippen MR) is 54.0 cm³/mol. The van der Waals surface area contributed by atoms with Gasteiger partial charge < -0.3 is 9.84 Å².